The molecule has 1 N–H and O–H groups in total. The van der Waals surface area contributed by atoms with Crippen LogP contribution in [0.2, 0.25) is 0 Å². The highest BCUT2D eigenvalue weighted by Gasteiger charge is 2.41. The quantitative estimate of drug-likeness (QED) is 0.617. The van der Waals surface area contributed by atoms with Crippen LogP contribution in [0.5, 0.6) is 0 Å². The van der Waals surface area contributed by atoms with Gasteiger partial charge in [0.15, 0.2) is 0 Å². The average molecular weight is 209 g/mol. The lowest BCUT2D eigenvalue weighted by atomic mass is 10.0. The molecule has 1 rings (SSSR count). The topological polar surface area (TPSA) is 39.1 Å². The Hall–Kier alpha value is -0.590. The van der Waals surface area contributed by atoms with E-state index in [1.165, 1.54) is 12.8 Å². The normalized spacial score (nSPS) is 17.7. The van der Waals surface area contributed by atoms with Crippen molar-refractivity contribution in [1.29, 1.82) is 5.26 Å². The van der Waals surface area contributed by atoms with Crippen molar-refractivity contribution in [1.82, 2.24) is 10.2 Å². The average Bonchev–Trinajstić information content (AvgIpc) is 2.99. The third-order valence-electron chi connectivity index (χ3n) is 3.41. The van der Waals surface area contributed by atoms with Gasteiger partial charge < -0.3 is 10.2 Å². The maximum absolute atomic E-state index is 8.68. The van der Waals surface area contributed by atoms with Crippen molar-refractivity contribution < 1.29 is 0 Å². The van der Waals surface area contributed by atoms with Gasteiger partial charge in [0.25, 0.3) is 0 Å². The van der Waals surface area contributed by atoms with Crippen molar-refractivity contribution in [3.8, 4) is 6.07 Å². The van der Waals surface area contributed by atoms with Crippen molar-refractivity contribution in [2.24, 2.45) is 5.41 Å². The molecule has 1 aliphatic rings. The van der Waals surface area contributed by atoms with Gasteiger partial charge in [-0.25, -0.2) is 0 Å². The Kier molecular flexibility index (Phi) is 5.07. The molecule has 1 aliphatic carbocycles. The molecule has 0 atom stereocenters. The molecular weight excluding hydrogens is 186 g/mol. The first-order valence-electron chi connectivity index (χ1n) is 6.06. The van der Waals surface area contributed by atoms with Crippen molar-refractivity contribution in [3.05, 3.63) is 0 Å². The Balaban J connectivity index is 2.04. The minimum Gasteiger partial charge on any atom is -0.315 e. The van der Waals surface area contributed by atoms with Gasteiger partial charge in [0.2, 0.25) is 0 Å². The van der Waals surface area contributed by atoms with Crippen LogP contribution in [0, 0.1) is 16.7 Å². The Bertz CT molecular complexity index is 211. The molecule has 0 radical (unpaired) electrons. The maximum Gasteiger partial charge on any atom is 0.0628 e. The molecule has 0 aliphatic heterocycles. The van der Waals surface area contributed by atoms with Gasteiger partial charge >= 0.3 is 0 Å². The number of nitrogens with one attached hydrogen (secondary N) is 1. The summed E-state index contributed by atoms with van der Waals surface area (Å²) in [5, 5.41) is 12.2. The predicted octanol–water partition coefficient (Wildman–Crippen LogP) is 1.61. The van der Waals surface area contributed by atoms with Crippen molar-refractivity contribution in [2.45, 2.75) is 33.1 Å². The van der Waals surface area contributed by atoms with Crippen LogP contribution in [-0.2, 0) is 0 Å². The molecule has 0 amide bonds. The van der Waals surface area contributed by atoms with E-state index >= 15 is 0 Å². The van der Waals surface area contributed by atoms with Crippen LogP contribution in [-0.4, -0.2) is 37.6 Å². The van der Waals surface area contributed by atoms with Gasteiger partial charge in [0.05, 0.1) is 6.07 Å². The SMILES string of the molecule is CCN(CC)CCNCC1(CC#N)CC1. The molecule has 0 aromatic rings. The van der Waals surface area contributed by atoms with E-state index in [1.807, 2.05) is 0 Å². The molecule has 0 aromatic carbocycles. The van der Waals surface area contributed by atoms with Crippen LogP contribution in [0.3, 0.4) is 0 Å². The fourth-order valence-electron chi connectivity index (χ4n) is 1.89. The summed E-state index contributed by atoms with van der Waals surface area (Å²) >= 11 is 0. The second-order valence-corrected chi connectivity index (χ2v) is 4.54. The summed E-state index contributed by atoms with van der Waals surface area (Å²) in [6, 6.07) is 2.29. The number of nitrogens with zero attached hydrogens (tertiary/aromatic N) is 2. The number of hydrogen-bond donors (Lipinski definition) is 1. The van der Waals surface area contributed by atoms with Gasteiger partial charge in [0, 0.05) is 26.1 Å². The Morgan fingerprint density at radius 3 is 2.47 bits per heavy atom. The van der Waals surface area contributed by atoms with Gasteiger partial charge in [-0.05, 0) is 31.3 Å². The highest BCUT2D eigenvalue weighted by Crippen LogP contribution is 2.47. The van der Waals surface area contributed by atoms with Gasteiger partial charge in [-0.2, -0.15) is 5.26 Å². The molecule has 15 heavy (non-hydrogen) atoms. The van der Waals surface area contributed by atoms with E-state index in [0.717, 1.165) is 39.1 Å². The molecule has 0 saturated heterocycles. The minimum atomic E-state index is 0.345. The highest BCUT2D eigenvalue weighted by atomic mass is 15.1. The Morgan fingerprint density at radius 1 is 1.33 bits per heavy atom. The number of likely N-dealkylation sites (N-methyl/N-ethyl adjacent to an activating group) is 1. The summed E-state index contributed by atoms with van der Waals surface area (Å²) in [5.74, 6) is 0. The van der Waals surface area contributed by atoms with Gasteiger partial charge in [0.1, 0.15) is 0 Å². The summed E-state index contributed by atoms with van der Waals surface area (Å²) in [4.78, 5) is 2.41. The first-order chi connectivity index (χ1) is 7.26. The zero-order valence-corrected chi connectivity index (χ0v) is 10.1. The zero-order chi connectivity index (χ0) is 11.1. The standard InChI is InChI=1S/C12H23N3/c1-3-15(4-2)10-9-14-11-12(5-6-12)7-8-13/h14H,3-7,9-11H2,1-2H3. The monoisotopic (exact) mass is 209 g/mol. The fraction of sp³-hybridized carbons (Fsp3) is 0.917. The number of hydrogen-bond acceptors (Lipinski definition) is 3. The Morgan fingerprint density at radius 2 is 2.00 bits per heavy atom. The van der Waals surface area contributed by atoms with E-state index < -0.39 is 0 Å². The van der Waals surface area contributed by atoms with E-state index in [1.54, 1.807) is 0 Å². The van der Waals surface area contributed by atoms with Crippen LogP contribution in [0.4, 0.5) is 0 Å². The zero-order valence-electron chi connectivity index (χ0n) is 10.1. The maximum atomic E-state index is 8.68. The molecule has 1 saturated carbocycles. The van der Waals surface area contributed by atoms with E-state index in [4.69, 9.17) is 5.26 Å². The third kappa shape index (κ3) is 4.19. The molecule has 3 nitrogen and oxygen atoms in total. The molecule has 0 bridgehead atoms. The predicted molar refractivity (Wildman–Crippen MR) is 62.6 cm³/mol. The van der Waals surface area contributed by atoms with Gasteiger partial charge in [-0.1, -0.05) is 13.8 Å². The van der Waals surface area contributed by atoms with Crippen LogP contribution in [0.25, 0.3) is 0 Å². The van der Waals surface area contributed by atoms with Crippen LogP contribution < -0.4 is 5.32 Å². The summed E-state index contributed by atoms with van der Waals surface area (Å²) in [6.07, 6.45) is 3.20. The highest BCUT2D eigenvalue weighted by molar-refractivity contribution is 5.00. The second-order valence-electron chi connectivity index (χ2n) is 4.54. The first kappa shape index (κ1) is 12.5. The lowest BCUT2D eigenvalue weighted by Crippen LogP contribution is -2.34. The first-order valence-corrected chi connectivity index (χ1v) is 6.06. The number of rotatable bonds is 8. The van der Waals surface area contributed by atoms with Crippen molar-refractivity contribution in [3.63, 3.8) is 0 Å². The van der Waals surface area contributed by atoms with Crippen LogP contribution in [0.15, 0.2) is 0 Å². The van der Waals surface area contributed by atoms with Crippen LogP contribution in [0.1, 0.15) is 33.1 Å². The van der Waals surface area contributed by atoms with E-state index in [0.29, 0.717) is 5.41 Å². The second kappa shape index (κ2) is 6.09. The summed E-state index contributed by atoms with van der Waals surface area (Å²) < 4.78 is 0. The summed E-state index contributed by atoms with van der Waals surface area (Å²) in [6.45, 7) is 9.85. The molecular formula is C12H23N3. The van der Waals surface area contributed by atoms with E-state index in [9.17, 15) is 0 Å². The number of nitriles is 1. The molecule has 0 aromatic heterocycles. The molecule has 86 valence electrons. The van der Waals surface area contributed by atoms with Crippen LogP contribution >= 0.6 is 0 Å². The fourth-order valence-corrected chi connectivity index (χ4v) is 1.89. The van der Waals surface area contributed by atoms with Crippen molar-refractivity contribution >= 4 is 0 Å². The molecule has 0 unspecified atom stereocenters. The lowest BCUT2D eigenvalue weighted by molar-refractivity contribution is 0.297. The summed E-state index contributed by atoms with van der Waals surface area (Å²) in [7, 11) is 0. The largest absolute Gasteiger partial charge is 0.315 e. The molecule has 0 spiro atoms. The molecule has 3 heteroatoms. The Labute approximate surface area is 93.5 Å². The van der Waals surface area contributed by atoms with E-state index in [-0.39, 0.29) is 0 Å². The molecule has 1 fully saturated rings. The minimum absolute atomic E-state index is 0.345. The third-order valence-corrected chi connectivity index (χ3v) is 3.41. The van der Waals surface area contributed by atoms with Crippen molar-refractivity contribution in [2.75, 3.05) is 32.7 Å². The van der Waals surface area contributed by atoms with Gasteiger partial charge in [-0.3, -0.25) is 0 Å². The smallest absolute Gasteiger partial charge is 0.0628 e. The van der Waals surface area contributed by atoms with Gasteiger partial charge in [-0.15, -0.1) is 0 Å². The molecule has 0 heterocycles. The van der Waals surface area contributed by atoms with E-state index in [2.05, 4.69) is 30.1 Å². The lowest BCUT2D eigenvalue weighted by Gasteiger charge is -2.19. The summed E-state index contributed by atoms with van der Waals surface area (Å²) in [5.41, 5.74) is 0.345.